The van der Waals surface area contributed by atoms with Crippen LogP contribution in [0.25, 0.3) is 0 Å². The second kappa shape index (κ2) is 18.1. The van der Waals surface area contributed by atoms with Crippen LogP contribution in [0.3, 0.4) is 0 Å². The highest BCUT2D eigenvalue weighted by Gasteiger charge is 2.50. The number of nitrogens with two attached hydrogens (primary N) is 1. The molecule has 5 atom stereocenters. The molecule has 5 fully saturated rings. The Kier molecular flexibility index (Phi) is 19.8. The maximum Gasteiger partial charge on any atom is 0.0235 e. The Hall–Kier alpha value is 0.790. The molecule has 3 heteroatoms. The smallest absolute Gasteiger partial charge is 0.0235 e. The highest BCUT2D eigenvalue weighted by Crippen LogP contribution is 2.59. The van der Waals surface area contributed by atoms with Crippen LogP contribution in [0.2, 0.25) is 0 Å². The molecule has 2 heterocycles. The average Bonchev–Trinajstić information content (AvgIpc) is 2.77. The molecular formula is C29H62BrNS. The molecule has 2 saturated heterocycles. The van der Waals surface area contributed by atoms with Gasteiger partial charge in [-0.15, -0.1) is 0 Å². The van der Waals surface area contributed by atoms with Gasteiger partial charge in [0.25, 0.3) is 0 Å². The average molecular weight is 537 g/mol. The van der Waals surface area contributed by atoms with Crippen molar-refractivity contribution in [2.24, 2.45) is 28.9 Å². The molecule has 0 radical (unpaired) electrons. The van der Waals surface area contributed by atoms with Gasteiger partial charge in [0.2, 0.25) is 0 Å². The number of fused-ring (bicyclic) bond motifs is 4. The Morgan fingerprint density at radius 2 is 1.25 bits per heavy atom. The monoisotopic (exact) mass is 535 g/mol. The van der Waals surface area contributed by atoms with E-state index in [0.29, 0.717) is 15.8 Å². The lowest BCUT2D eigenvalue weighted by atomic mass is 9.65. The largest absolute Gasteiger partial charge is 0.328 e. The van der Waals surface area contributed by atoms with Crippen LogP contribution < -0.4 is 5.73 Å². The first kappa shape index (κ1) is 35.0. The Morgan fingerprint density at radius 1 is 0.875 bits per heavy atom. The lowest BCUT2D eigenvalue weighted by Gasteiger charge is -2.55. The zero-order chi connectivity index (χ0) is 25.5. The summed E-state index contributed by atoms with van der Waals surface area (Å²) in [4.78, 5) is 0. The molecule has 3 saturated carbocycles. The number of alkyl halides is 1. The minimum atomic E-state index is 0.384. The maximum atomic E-state index is 5.29. The fraction of sp³-hybridized carbons (Fsp3) is 1.00. The molecular weight excluding hydrogens is 474 g/mol. The van der Waals surface area contributed by atoms with Crippen LogP contribution in [0.5, 0.6) is 0 Å². The van der Waals surface area contributed by atoms with Gasteiger partial charge in [0, 0.05) is 20.9 Å². The van der Waals surface area contributed by atoms with Crippen molar-refractivity contribution < 1.29 is 0 Å². The first-order valence-corrected chi connectivity index (χ1v) is 15.9. The number of hydrogen-bond donors (Lipinski definition) is 1. The van der Waals surface area contributed by atoms with Crippen molar-refractivity contribution in [3.8, 4) is 0 Å². The Labute approximate surface area is 217 Å². The summed E-state index contributed by atoms with van der Waals surface area (Å²) >= 11 is 6.09. The quantitative estimate of drug-likeness (QED) is 0.337. The highest BCUT2D eigenvalue weighted by molar-refractivity contribution is 9.10. The first-order valence-electron chi connectivity index (χ1n) is 14.1. The summed E-state index contributed by atoms with van der Waals surface area (Å²) in [5.74, 6) is 3.05. The molecule has 2 aliphatic heterocycles. The highest BCUT2D eigenvalue weighted by atomic mass is 79.9. The van der Waals surface area contributed by atoms with Crippen LogP contribution in [-0.2, 0) is 0 Å². The van der Waals surface area contributed by atoms with Crippen molar-refractivity contribution in [3.63, 3.8) is 0 Å². The number of rotatable bonds is 1. The minimum Gasteiger partial charge on any atom is -0.328 e. The van der Waals surface area contributed by atoms with Gasteiger partial charge in [-0.2, -0.15) is 11.8 Å². The van der Waals surface area contributed by atoms with E-state index >= 15 is 0 Å². The first-order chi connectivity index (χ1) is 15.0. The molecule has 0 aromatic heterocycles. The zero-order valence-electron chi connectivity index (χ0n) is 24.2. The lowest BCUT2D eigenvalue weighted by molar-refractivity contribution is 0.127. The molecule has 5 unspecified atom stereocenters. The van der Waals surface area contributed by atoms with Crippen LogP contribution in [0.4, 0.5) is 0 Å². The zero-order valence-corrected chi connectivity index (χ0v) is 26.6. The molecule has 4 bridgehead atoms. The normalized spacial score (nSPS) is 36.0. The van der Waals surface area contributed by atoms with Gasteiger partial charge >= 0.3 is 0 Å². The molecule has 0 aromatic rings. The van der Waals surface area contributed by atoms with Crippen LogP contribution >= 0.6 is 27.7 Å². The van der Waals surface area contributed by atoms with Crippen LogP contribution in [-0.4, -0.2) is 20.9 Å². The molecule has 196 valence electrons. The van der Waals surface area contributed by atoms with E-state index in [0.717, 1.165) is 34.7 Å². The van der Waals surface area contributed by atoms with E-state index in [1.807, 2.05) is 48.5 Å². The molecule has 2 N–H and O–H groups in total. The van der Waals surface area contributed by atoms with E-state index in [4.69, 9.17) is 5.73 Å². The minimum absolute atomic E-state index is 0.384. The third kappa shape index (κ3) is 12.5. The van der Waals surface area contributed by atoms with E-state index in [2.05, 4.69) is 62.3 Å². The van der Waals surface area contributed by atoms with Gasteiger partial charge in [-0.1, -0.05) is 91.6 Å². The third-order valence-electron chi connectivity index (χ3n) is 7.13. The fourth-order valence-corrected chi connectivity index (χ4v) is 8.29. The van der Waals surface area contributed by atoms with Gasteiger partial charge in [-0.05, 0) is 88.4 Å². The van der Waals surface area contributed by atoms with Gasteiger partial charge < -0.3 is 5.73 Å². The maximum absolute atomic E-state index is 5.29. The van der Waals surface area contributed by atoms with E-state index in [-0.39, 0.29) is 0 Å². The van der Waals surface area contributed by atoms with Crippen molar-refractivity contribution in [2.75, 3.05) is 0 Å². The number of hydrogen-bond acceptors (Lipinski definition) is 2. The number of thioether (sulfide) groups is 1. The van der Waals surface area contributed by atoms with Gasteiger partial charge in [-0.25, -0.2) is 0 Å². The summed E-state index contributed by atoms with van der Waals surface area (Å²) in [7, 11) is 0. The summed E-state index contributed by atoms with van der Waals surface area (Å²) in [6.07, 6.45) is 12.8. The molecule has 0 aromatic carbocycles. The summed E-state index contributed by atoms with van der Waals surface area (Å²) in [5.41, 5.74) is 5.99. The molecule has 0 spiro atoms. The molecule has 3 aliphatic carbocycles. The van der Waals surface area contributed by atoms with Crippen LogP contribution in [0, 0.1) is 23.2 Å². The van der Waals surface area contributed by atoms with E-state index < -0.39 is 0 Å². The summed E-state index contributed by atoms with van der Waals surface area (Å²) in [5, 5.41) is 2.02. The Balaban J connectivity index is 0. The van der Waals surface area contributed by atoms with Crippen LogP contribution in [0.15, 0.2) is 0 Å². The van der Waals surface area contributed by atoms with Crippen molar-refractivity contribution in [1.29, 1.82) is 0 Å². The predicted octanol–water partition coefficient (Wildman–Crippen LogP) is 10.5. The predicted molar refractivity (Wildman–Crippen MR) is 157 cm³/mol. The summed E-state index contributed by atoms with van der Waals surface area (Å²) < 4.78 is 0.473. The SMILES string of the molecule is CC.CC.CC.CC1(C)C2CCCC1S2.CC1CC2CC(C1)CC(C)(Br)C2.CCC(C)N. The Morgan fingerprint density at radius 3 is 1.50 bits per heavy atom. The van der Waals surface area contributed by atoms with Gasteiger partial charge in [-0.3, -0.25) is 0 Å². The summed E-state index contributed by atoms with van der Waals surface area (Å²) in [6, 6.07) is 0.384. The van der Waals surface area contributed by atoms with Crippen molar-refractivity contribution >= 4 is 27.7 Å². The van der Waals surface area contributed by atoms with E-state index in [9.17, 15) is 0 Å². The van der Waals surface area contributed by atoms with Gasteiger partial charge in [0.15, 0.2) is 0 Å². The van der Waals surface area contributed by atoms with Gasteiger partial charge in [0.05, 0.1) is 0 Å². The summed E-state index contributed by atoms with van der Waals surface area (Å²) in [6.45, 7) is 25.7. The standard InChI is InChI=1S/C11H19Br.C8H14S.C4H11N.3C2H6/c1-8-3-9-5-10(4-8)7-11(2,12)6-9;1-8(2)6-4-3-5-7(8)9-6;1-3-4(2)5;3*1-2/h8-10H,3-7H2,1-2H3;6-7H,3-5H2,1-2H3;4H,3,5H2,1-2H3;3*1-2H3. The van der Waals surface area contributed by atoms with E-state index in [1.165, 1.54) is 51.4 Å². The van der Waals surface area contributed by atoms with Crippen LogP contribution in [0.1, 0.15) is 141 Å². The Bertz CT molecular complexity index is 399. The number of halogens is 1. The third-order valence-corrected chi connectivity index (χ3v) is 10.1. The van der Waals surface area contributed by atoms with Gasteiger partial charge in [0.1, 0.15) is 0 Å². The van der Waals surface area contributed by atoms with Crippen molar-refractivity contribution in [2.45, 2.75) is 162 Å². The van der Waals surface area contributed by atoms with E-state index in [1.54, 1.807) is 0 Å². The fourth-order valence-electron chi connectivity index (χ4n) is 5.57. The topological polar surface area (TPSA) is 26.0 Å². The lowest BCUT2D eigenvalue weighted by Crippen LogP contribution is -2.51. The van der Waals surface area contributed by atoms with Crippen molar-refractivity contribution in [3.05, 3.63) is 0 Å². The molecule has 0 amide bonds. The molecule has 5 rings (SSSR count). The molecule has 1 nitrogen and oxygen atoms in total. The van der Waals surface area contributed by atoms with Crippen molar-refractivity contribution in [1.82, 2.24) is 0 Å². The molecule has 32 heavy (non-hydrogen) atoms. The molecule has 5 aliphatic rings. The second-order valence-electron chi connectivity index (χ2n) is 10.6. The second-order valence-corrected chi connectivity index (χ2v) is 13.9.